The number of aliphatic hydroxyl groups is 2. The summed E-state index contributed by atoms with van der Waals surface area (Å²) in [4.78, 5) is 40.5. The molecule has 258 valence electrons. The van der Waals surface area contributed by atoms with Crippen molar-refractivity contribution in [3.05, 3.63) is 124 Å². The smallest absolute Gasteiger partial charge is 0.351 e. The summed E-state index contributed by atoms with van der Waals surface area (Å²) in [5.41, 5.74) is 1.04. The van der Waals surface area contributed by atoms with Gasteiger partial charge in [-0.15, -0.1) is 0 Å². The molecular formula is C36H40N4O9. The van der Waals surface area contributed by atoms with Crippen LogP contribution in [-0.2, 0) is 36.0 Å². The molecule has 3 aromatic carbocycles. The number of benzene rings is 3. The van der Waals surface area contributed by atoms with Gasteiger partial charge in [0.25, 0.3) is 0 Å². The molecule has 2 unspecified atom stereocenters. The molecule has 2 amide bonds. The van der Waals surface area contributed by atoms with Gasteiger partial charge < -0.3 is 39.8 Å². The number of hydrogen-bond acceptors (Lipinski definition) is 10. The number of ether oxygens (including phenoxy) is 4. The van der Waals surface area contributed by atoms with Crippen LogP contribution in [0.4, 0.5) is 5.82 Å². The second kappa shape index (κ2) is 16.0. The zero-order valence-electron chi connectivity index (χ0n) is 27.4. The Balaban J connectivity index is 1.53. The molecule has 0 bridgehead atoms. The van der Waals surface area contributed by atoms with E-state index in [1.165, 1.54) is 30.8 Å². The maximum absolute atomic E-state index is 13.1. The standard InChI is InChI=1S/C36H40N4O9/c1-23(42)38-30-17-19-40(35(45)39-30)34-33(47-20-18-31(43)37-2)32(44)29(49-34)22-48-36(25-7-5-4-6-8-25,26-11-9-24(21-41)10-12-26)27-13-15-28(46-3)16-14-27/h4-17,19,29,32-34,41,44H,18,20-22H2,1-3H3,(H,37,43)(H,38,39,42,45)/t29-,32+,33?,34-,36?/m1/s1. The Kier molecular flexibility index (Phi) is 11.5. The van der Waals surface area contributed by atoms with Crippen LogP contribution in [-0.4, -0.2) is 77.3 Å². The van der Waals surface area contributed by atoms with Crippen LogP contribution in [0.5, 0.6) is 5.75 Å². The van der Waals surface area contributed by atoms with Crippen LogP contribution in [0.1, 0.15) is 41.8 Å². The van der Waals surface area contributed by atoms with Gasteiger partial charge in [-0.2, -0.15) is 4.98 Å². The maximum atomic E-state index is 13.1. The summed E-state index contributed by atoms with van der Waals surface area (Å²) in [5, 5.41) is 26.4. The van der Waals surface area contributed by atoms with Crippen molar-refractivity contribution in [3.8, 4) is 5.75 Å². The average molecular weight is 673 g/mol. The second-order valence-corrected chi connectivity index (χ2v) is 11.4. The molecule has 5 rings (SSSR count). The lowest BCUT2D eigenvalue weighted by molar-refractivity contribution is -0.124. The number of aliphatic hydroxyl groups excluding tert-OH is 2. The van der Waals surface area contributed by atoms with E-state index in [4.69, 9.17) is 18.9 Å². The summed E-state index contributed by atoms with van der Waals surface area (Å²) in [7, 11) is 3.09. The lowest BCUT2D eigenvalue weighted by atomic mass is 9.79. The maximum Gasteiger partial charge on any atom is 0.351 e. The average Bonchev–Trinajstić information content (AvgIpc) is 3.43. The van der Waals surface area contributed by atoms with E-state index in [2.05, 4.69) is 15.6 Å². The van der Waals surface area contributed by atoms with Crippen LogP contribution >= 0.6 is 0 Å². The molecule has 1 aromatic heterocycles. The van der Waals surface area contributed by atoms with Crippen LogP contribution in [0, 0.1) is 0 Å². The zero-order chi connectivity index (χ0) is 35.0. The molecule has 1 aliphatic rings. The minimum Gasteiger partial charge on any atom is -0.497 e. The second-order valence-electron chi connectivity index (χ2n) is 11.4. The van der Waals surface area contributed by atoms with Crippen LogP contribution in [0.15, 0.2) is 95.9 Å². The number of hydrogen-bond donors (Lipinski definition) is 4. The van der Waals surface area contributed by atoms with Crippen molar-refractivity contribution >= 4 is 17.6 Å². The molecule has 1 saturated heterocycles. The Bertz CT molecular complexity index is 1720. The number of nitrogens with one attached hydrogen (secondary N) is 2. The van der Waals surface area contributed by atoms with Crippen LogP contribution in [0.2, 0.25) is 0 Å². The van der Waals surface area contributed by atoms with Crippen LogP contribution in [0.3, 0.4) is 0 Å². The van der Waals surface area contributed by atoms with Crippen molar-refractivity contribution in [2.75, 3.05) is 32.7 Å². The first kappa shape index (κ1) is 35.4. The van der Waals surface area contributed by atoms with E-state index in [9.17, 15) is 24.6 Å². The van der Waals surface area contributed by atoms with E-state index in [1.807, 2.05) is 78.9 Å². The zero-order valence-corrected chi connectivity index (χ0v) is 27.4. The van der Waals surface area contributed by atoms with Crippen molar-refractivity contribution in [1.29, 1.82) is 0 Å². The first-order valence-corrected chi connectivity index (χ1v) is 15.8. The third-order valence-corrected chi connectivity index (χ3v) is 8.32. The van der Waals surface area contributed by atoms with Gasteiger partial charge in [-0.05, 0) is 40.5 Å². The Hall–Kier alpha value is -4.92. The number of carbonyl (C=O) groups excluding carboxylic acids is 2. The fraction of sp³-hybridized carbons (Fsp3) is 0.333. The summed E-state index contributed by atoms with van der Waals surface area (Å²) in [6.07, 6.45) is -3.12. The SMILES string of the molecule is CNC(=O)CCOC1[C@@H](O)[C@@H](COC(c2ccccc2)(c2ccc(CO)cc2)c2ccc(OC)cc2)O[C@H]1n1ccc(NC(C)=O)nc1=O. The number of amides is 2. The third kappa shape index (κ3) is 7.88. The molecule has 5 atom stereocenters. The number of aromatic nitrogens is 2. The highest BCUT2D eigenvalue weighted by Gasteiger charge is 2.48. The normalized spacial score (nSPS) is 19.9. The highest BCUT2D eigenvalue weighted by atomic mass is 16.6. The van der Waals surface area contributed by atoms with Crippen molar-refractivity contribution in [3.63, 3.8) is 0 Å². The number of carbonyl (C=O) groups is 2. The van der Waals surface area contributed by atoms with Gasteiger partial charge in [-0.3, -0.25) is 14.2 Å². The fourth-order valence-electron chi connectivity index (χ4n) is 5.83. The van der Waals surface area contributed by atoms with Crippen molar-refractivity contribution in [1.82, 2.24) is 14.9 Å². The monoisotopic (exact) mass is 672 g/mol. The molecule has 13 heteroatoms. The van der Waals surface area contributed by atoms with E-state index in [-0.39, 0.29) is 38.0 Å². The summed E-state index contributed by atoms with van der Waals surface area (Å²) >= 11 is 0. The highest BCUT2D eigenvalue weighted by Crippen LogP contribution is 2.42. The first-order chi connectivity index (χ1) is 23.7. The van der Waals surface area contributed by atoms with Gasteiger partial charge in [-0.25, -0.2) is 4.79 Å². The summed E-state index contributed by atoms with van der Waals surface area (Å²) in [6, 6.07) is 25.8. The van der Waals surface area contributed by atoms with E-state index in [1.54, 1.807) is 7.11 Å². The van der Waals surface area contributed by atoms with Crippen LogP contribution in [0.25, 0.3) is 0 Å². The predicted molar refractivity (Wildman–Crippen MR) is 179 cm³/mol. The Morgan fingerprint density at radius 2 is 1.63 bits per heavy atom. The molecule has 4 aromatic rings. The van der Waals surface area contributed by atoms with E-state index in [0.29, 0.717) is 5.75 Å². The molecule has 2 heterocycles. The number of rotatable bonds is 14. The molecule has 49 heavy (non-hydrogen) atoms. The topological polar surface area (TPSA) is 170 Å². The van der Waals surface area contributed by atoms with Crippen molar-refractivity contribution in [2.45, 2.75) is 50.1 Å². The predicted octanol–water partition coefficient (Wildman–Crippen LogP) is 2.49. The molecule has 0 aliphatic carbocycles. The van der Waals surface area contributed by atoms with Gasteiger partial charge >= 0.3 is 5.69 Å². The van der Waals surface area contributed by atoms with Gasteiger partial charge in [0.05, 0.1) is 26.9 Å². The fourth-order valence-corrected chi connectivity index (χ4v) is 5.83. The third-order valence-electron chi connectivity index (χ3n) is 8.32. The summed E-state index contributed by atoms with van der Waals surface area (Å²) < 4.78 is 25.8. The van der Waals surface area contributed by atoms with Gasteiger partial charge in [0.15, 0.2) is 6.23 Å². The van der Waals surface area contributed by atoms with Gasteiger partial charge in [0.2, 0.25) is 11.8 Å². The molecule has 13 nitrogen and oxygen atoms in total. The summed E-state index contributed by atoms with van der Waals surface area (Å²) in [5.74, 6) is 0.0555. The first-order valence-electron chi connectivity index (χ1n) is 15.8. The lowest BCUT2D eigenvalue weighted by Gasteiger charge is -2.37. The van der Waals surface area contributed by atoms with E-state index < -0.39 is 41.7 Å². The minimum atomic E-state index is -1.29. The molecular weight excluding hydrogens is 632 g/mol. The Morgan fingerprint density at radius 1 is 0.980 bits per heavy atom. The van der Waals surface area contributed by atoms with Crippen molar-refractivity contribution in [2.24, 2.45) is 0 Å². The van der Waals surface area contributed by atoms with E-state index in [0.717, 1.165) is 22.3 Å². The molecule has 1 aliphatic heterocycles. The minimum absolute atomic E-state index is 0.0145. The Labute approximate surface area is 283 Å². The number of methoxy groups -OCH3 is 1. The molecule has 0 spiro atoms. The van der Waals surface area contributed by atoms with Gasteiger partial charge in [-0.1, -0.05) is 66.7 Å². The van der Waals surface area contributed by atoms with Gasteiger partial charge in [0.1, 0.15) is 35.5 Å². The molecule has 4 N–H and O–H groups in total. The van der Waals surface area contributed by atoms with E-state index >= 15 is 0 Å². The highest BCUT2D eigenvalue weighted by molar-refractivity contribution is 5.87. The number of anilines is 1. The molecule has 1 fully saturated rings. The Morgan fingerprint density at radius 3 is 2.22 bits per heavy atom. The lowest BCUT2D eigenvalue weighted by Crippen LogP contribution is -2.41. The van der Waals surface area contributed by atoms with Gasteiger partial charge in [0, 0.05) is 26.6 Å². The number of nitrogens with zero attached hydrogens (tertiary/aromatic N) is 2. The summed E-state index contributed by atoms with van der Waals surface area (Å²) in [6.45, 7) is 0.944. The largest absolute Gasteiger partial charge is 0.497 e. The molecule has 0 radical (unpaired) electrons. The quantitative estimate of drug-likeness (QED) is 0.146. The van der Waals surface area contributed by atoms with Crippen LogP contribution < -0.4 is 21.1 Å². The van der Waals surface area contributed by atoms with Crippen molar-refractivity contribution < 1.29 is 38.7 Å². The molecule has 0 saturated carbocycles.